The van der Waals surface area contributed by atoms with Gasteiger partial charge in [0, 0.05) is 17.1 Å². The van der Waals surface area contributed by atoms with Crippen LogP contribution in [0.1, 0.15) is 0 Å². The molecule has 9 nitrogen and oxygen atoms in total. The van der Waals surface area contributed by atoms with Gasteiger partial charge in [0.1, 0.15) is 5.75 Å². The standard InChI is InChI=1S/C26H23N3O6S2/c1-35-22-11-17-25(18-12-22)37(33,34)29-21-9-15-24(16-10-21)36(31,32)23-13-7-20(8-14-23)28-26(30)27-19-5-3-2-4-6-19/h2-18,29H,1H3,(H2,27,28,30). The van der Waals surface area contributed by atoms with Gasteiger partial charge in [-0.1, -0.05) is 18.2 Å². The van der Waals surface area contributed by atoms with E-state index in [0.717, 1.165) is 0 Å². The average molecular weight is 538 g/mol. The third kappa shape index (κ3) is 6.26. The van der Waals surface area contributed by atoms with E-state index in [-0.39, 0.29) is 20.4 Å². The summed E-state index contributed by atoms with van der Waals surface area (Å²) in [7, 11) is -6.26. The van der Waals surface area contributed by atoms with Crippen molar-refractivity contribution < 1.29 is 26.4 Å². The van der Waals surface area contributed by atoms with Gasteiger partial charge in [-0.15, -0.1) is 0 Å². The van der Waals surface area contributed by atoms with E-state index in [4.69, 9.17) is 4.74 Å². The summed E-state index contributed by atoms with van der Waals surface area (Å²) in [5, 5.41) is 5.32. The van der Waals surface area contributed by atoms with Crippen LogP contribution in [0, 0.1) is 0 Å². The molecule has 0 fully saturated rings. The summed E-state index contributed by atoms with van der Waals surface area (Å²) >= 11 is 0. The van der Waals surface area contributed by atoms with E-state index in [1.54, 1.807) is 24.3 Å². The van der Waals surface area contributed by atoms with Crippen molar-refractivity contribution in [2.75, 3.05) is 22.5 Å². The Balaban J connectivity index is 1.43. The molecule has 4 aromatic rings. The lowest BCUT2D eigenvalue weighted by Crippen LogP contribution is -2.19. The topological polar surface area (TPSA) is 131 Å². The maximum Gasteiger partial charge on any atom is 0.323 e. The van der Waals surface area contributed by atoms with Gasteiger partial charge in [0.15, 0.2) is 0 Å². The van der Waals surface area contributed by atoms with Crippen LogP contribution >= 0.6 is 0 Å². The zero-order valence-electron chi connectivity index (χ0n) is 19.6. The Morgan fingerprint density at radius 2 is 1.05 bits per heavy atom. The van der Waals surface area contributed by atoms with Crippen LogP contribution < -0.4 is 20.1 Å². The zero-order chi connectivity index (χ0) is 26.5. The predicted molar refractivity (Wildman–Crippen MR) is 141 cm³/mol. The summed E-state index contributed by atoms with van der Waals surface area (Å²) < 4.78 is 58.8. The maximum atomic E-state index is 13.0. The lowest BCUT2D eigenvalue weighted by molar-refractivity contribution is 0.262. The highest BCUT2D eigenvalue weighted by Crippen LogP contribution is 2.25. The molecule has 4 rings (SSSR count). The first-order chi connectivity index (χ1) is 17.7. The normalized spacial score (nSPS) is 11.4. The number of sulfone groups is 1. The molecule has 2 amide bonds. The molecule has 0 heterocycles. The molecule has 0 aliphatic heterocycles. The van der Waals surface area contributed by atoms with Crippen molar-refractivity contribution in [3.63, 3.8) is 0 Å². The van der Waals surface area contributed by atoms with Crippen LogP contribution in [0.4, 0.5) is 21.9 Å². The maximum absolute atomic E-state index is 13.0. The highest BCUT2D eigenvalue weighted by atomic mass is 32.2. The molecule has 0 aliphatic carbocycles. The van der Waals surface area contributed by atoms with Crippen molar-refractivity contribution in [1.82, 2.24) is 0 Å². The van der Waals surface area contributed by atoms with Gasteiger partial charge in [-0.2, -0.15) is 0 Å². The van der Waals surface area contributed by atoms with Crippen LogP contribution in [0.2, 0.25) is 0 Å². The van der Waals surface area contributed by atoms with Crippen molar-refractivity contribution in [1.29, 1.82) is 0 Å². The second kappa shape index (κ2) is 10.7. The smallest absolute Gasteiger partial charge is 0.323 e. The summed E-state index contributed by atoms with van der Waals surface area (Å²) in [5.74, 6) is 0.521. The van der Waals surface area contributed by atoms with Crippen LogP contribution in [0.3, 0.4) is 0 Å². The number of carbonyl (C=O) groups excluding carboxylic acids is 1. The van der Waals surface area contributed by atoms with Gasteiger partial charge in [-0.3, -0.25) is 4.72 Å². The number of amides is 2. The van der Waals surface area contributed by atoms with Crippen molar-refractivity contribution in [2.24, 2.45) is 0 Å². The molecule has 190 valence electrons. The van der Waals surface area contributed by atoms with Gasteiger partial charge in [0.2, 0.25) is 9.84 Å². The van der Waals surface area contributed by atoms with Crippen molar-refractivity contribution in [2.45, 2.75) is 14.7 Å². The number of hydrogen-bond acceptors (Lipinski definition) is 6. The second-order valence-corrected chi connectivity index (χ2v) is 11.4. The fourth-order valence-corrected chi connectivity index (χ4v) is 5.66. The number of nitrogens with one attached hydrogen (secondary N) is 3. The molecular formula is C26H23N3O6S2. The van der Waals surface area contributed by atoms with Crippen LogP contribution in [0.25, 0.3) is 0 Å². The Morgan fingerprint density at radius 3 is 1.57 bits per heavy atom. The lowest BCUT2D eigenvalue weighted by atomic mass is 10.3. The number of rotatable bonds is 8. The average Bonchev–Trinajstić information content (AvgIpc) is 2.89. The summed E-state index contributed by atoms with van der Waals surface area (Å²) in [4.78, 5) is 12.2. The summed E-state index contributed by atoms with van der Waals surface area (Å²) in [6.45, 7) is 0. The second-order valence-electron chi connectivity index (χ2n) is 7.78. The van der Waals surface area contributed by atoms with Crippen molar-refractivity contribution in [3.05, 3.63) is 103 Å². The van der Waals surface area contributed by atoms with E-state index in [1.165, 1.54) is 79.9 Å². The first-order valence-electron chi connectivity index (χ1n) is 10.9. The number of urea groups is 1. The fourth-order valence-electron chi connectivity index (χ4n) is 3.34. The van der Waals surface area contributed by atoms with E-state index in [1.807, 2.05) is 6.07 Å². The first-order valence-corrected chi connectivity index (χ1v) is 13.9. The van der Waals surface area contributed by atoms with Crippen molar-refractivity contribution in [3.8, 4) is 5.75 Å². The molecule has 0 radical (unpaired) electrons. The molecule has 0 saturated carbocycles. The molecular weight excluding hydrogens is 514 g/mol. The highest BCUT2D eigenvalue weighted by Gasteiger charge is 2.19. The van der Waals surface area contributed by atoms with E-state index in [0.29, 0.717) is 17.1 Å². The van der Waals surface area contributed by atoms with E-state index in [9.17, 15) is 21.6 Å². The molecule has 0 aromatic heterocycles. The summed E-state index contributed by atoms with van der Waals surface area (Å²) in [6.07, 6.45) is 0. The fraction of sp³-hybridized carbons (Fsp3) is 0.0385. The van der Waals surface area contributed by atoms with Crippen LogP contribution in [-0.2, 0) is 19.9 Å². The van der Waals surface area contributed by atoms with Crippen LogP contribution in [0.5, 0.6) is 5.75 Å². The largest absolute Gasteiger partial charge is 0.497 e. The number of carbonyl (C=O) groups is 1. The first kappa shape index (κ1) is 25.7. The monoisotopic (exact) mass is 537 g/mol. The summed E-state index contributed by atoms with van der Waals surface area (Å²) in [5.41, 5.74) is 1.24. The van der Waals surface area contributed by atoms with Gasteiger partial charge in [-0.25, -0.2) is 21.6 Å². The molecule has 11 heteroatoms. The quantitative estimate of drug-likeness (QED) is 0.291. The molecule has 0 bridgehead atoms. The van der Waals surface area contributed by atoms with E-state index in [2.05, 4.69) is 15.4 Å². The Labute approximate surface area is 215 Å². The van der Waals surface area contributed by atoms with Gasteiger partial charge < -0.3 is 15.4 Å². The SMILES string of the molecule is COc1ccc(S(=O)(=O)Nc2ccc(S(=O)(=O)c3ccc(NC(=O)Nc4ccccc4)cc3)cc2)cc1. The molecule has 0 spiro atoms. The Hall–Kier alpha value is -4.35. The minimum absolute atomic E-state index is 0.0116. The van der Waals surface area contributed by atoms with Gasteiger partial charge in [0.25, 0.3) is 10.0 Å². The van der Waals surface area contributed by atoms with Gasteiger partial charge in [0.05, 0.1) is 21.8 Å². The predicted octanol–water partition coefficient (Wildman–Crippen LogP) is 4.97. The number of anilines is 3. The third-order valence-electron chi connectivity index (χ3n) is 5.24. The molecule has 4 aromatic carbocycles. The number of benzene rings is 4. The Bertz CT molecular complexity index is 1590. The van der Waals surface area contributed by atoms with Gasteiger partial charge in [-0.05, 0) is 84.9 Å². The summed E-state index contributed by atoms with van der Waals surface area (Å²) in [6, 6.07) is 25.4. The van der Waals surface area contributed by atoms with E-state index < -0.39 is 25.9 Å². The Kier molecular flexibility index (Phi) is 7.46. The van der Waals surface area contributed by atoms with Gasteiger partial charge >= 0.3 is 6.03 Å². The number of para-hydroxylation sites is 1. The minimum atomic E-state index is -3.87. The number of hydrogen-bond donors (Lipinski definition) is 3. The molecule has 3 N–H and O–H groups in total. The minimum Gasteiger partial charge on any atom is -0.497 e. The molecule has 0 saturated heterocycles. The van der Waals surface area contributed by atoms with E-state index >= 15 is 0 Å². The molecule has 0 aliphatic rings. The third-order valence-corrected chi connectivity index (χ3v) is 8.42. The zero-order valence-corrected chi connectivity index (χ0v) is 21.2. The highest BCUT2D eigenvalue weighted by molar-refractivity contribution is 7.92. The number of methoxy groups -OCH3 is 1. The molecule has 0 atom stereocenters. The molecule has 0 unspecified atom stereocenters. The van der Waals surface area contributed by atoms with Crippen LogP contribution in [-0.4, -0.2) is 30.0 Å². The Morgan fingerprint density at radius 1 is 0.595 bits per heavy atom. The molecule has 37 heavy (non-hydrogen) atoms. The van der Waals surface area contributed by atoms with Crippen LogP contribution in [0.15, 0.2) is 118 Å². The lowest BCUT2D eigenvalue weighted by Gasteiger charge is -2.11. The number of ether oxygens (including phenoxy) is 1. The van der Waals surface area contributed by atoms with Crippen molar-refractivity contribution >= 4 is 43.0 Å². The number of sulfonamides is 1.